The summed E-state index contributed by atoms with van der Waals surface area (Å²) in [5.41, 5.74) is 0.322. The Kier molecular flexibility index (Phi) is 6.61. The predicted molar refractivity (Wildman–Crippen MR) is 77.2 cm³/mol. The van der Waals surface area contributed by atoms with E-state index in [9.17, 15) is 14.4 Å². The zero-order chi connectivity index (χ0) is 15.8. The molecule has 1 amide bonds. The van der Waals surface area contributed by atoms with Crippen molar-refractivity contribution in [3.8, 4) is 0 Å². The maximum atomic E-state index is 11.8. The van der Waals surface area contributed by atoms with Crippen LogP contribution in [0.25, 0.3) is 0 Å². The molecule has 1 unspecified atom stereocenters. The van der Waals surface area contributed by atoms with Gasteiger partial charge in [-0.2, -0.15) is 0 Å². The van der Waals surface area contributed by atoms with Gasteiger partial charge in [0.15, 0.2) is 0 Å². The van der Waals surface area contributed by atoms with Crippen LogP contribution in [-0.2, 0) is 20.9 Å². The minimum absolute atomic E-state index is 0.0548. The summed E-state index contributed by atoms with van der Waals surface area (Å²) >= 11 is 0. The lowest BCUT2D eigenvalue weighted by molar-refractivity contribution is -0.138. The van der Waals surface area contributed by atoms with Gasteiger partial charge in [0.1, 0.15) is 0 Å². The molecule has 0 aliphatic heterocycles. The molecule has 0 radical (unpaired) electrons. The van der Waals surface area contributed by atoms with E-state index in [0.29, 0.717) is 18.8 Å². The van der Waals surface area contributed by atoms with Gasteiger partial charge in [0.05, 0.1) is 12.3 Å². The molecule has 1 atom stereocenters. The number of aliphatic carboxylic acids is 1. The smallest absolute Gasteiger partial charge is 0.303 e. The maximum absolute atomic E-state index is 11.8. The first-order chi connectivity index (χ1) is 9.92. The van der Waals surface area contributed by atoms with E-state index in [1.165, 1.54) is 16.7 Å². The van der Waals surface area contributed by atoms with Crippen molar-refractivity contribution < 1.29 is 19.4 Å². The number of rotatable bonds is 8. The van der Waals surface area contributed by atoms with Gasteiger partial charge in [0, 0.05) is 38.8 Å². The molecule has 116 valence electrons. The Morgan fingerprint density at radius 1 is 1.38 bits per heavy atom. The highest BCUT2D eigenvalue weighted by Gasteiger charge is 2.13. The summed E-state index contributed by atoms with van der Waals surface area (Å²) in [7, 11) is 1.54. The second kappa shape index (κ2) is 8.21. The predicted octanol–water partition coefficient (Wildman–Crippen LogP) is 0.934. The van der Waals surface area contributed by atoms with Crippen molar-refractivity contribution in [3.05, 3.63) is 28.7 Å². The Bertz CT molecular complexity index is 553. The van der Waals surface area contributed by atoms with Crippen LogP contribution in [0.1, 0.15) is 19.8 Å². The molecule has 0 aromatic carbocycles. The van der Waals surface area contributed by atoms with Gasteiger partial charge in [-0.3, -0.25) is 14.4 Å². The Morgan fingerprint density at radius 3 is 2.71 bits per heavy atom. The fourth-order valence-electron chi connectivity index (χ4n) is 1.87. The molecule has 1 rings (SSSR count). The van der Waals surface area contributed by atoms with Crippen molar-refractivity contribution in [2.24, 2.45) is 5.92 Å². The number of nitrogens with one attached hydrogen (secondary N) is 1. The molecule has 0 saturated carbocycles. The third-order valence-electron chi connectivity index (χ3n) is 2.86. The van der Waals surface area contributed by atoms with Gasteiger partial charge in [-0.1, -0.05) is 6.92 Å². The van der Waals surface area contributed by atoms with Gasteiger partial charge in [-0.05, 0) is 12.0 Å². The number of carboxylic acids is 1. The van der Waals surface area contributed by atoms with Crippen LogP contribution in [0, 0.1) is 5.92 Å². The van der Waals surface area contributed by atoms with E-state index < -0.39 is 5.97 Å². The van der Waals surface area contributed by atoms with Crippen molar-refractivity contribution in [3.63, 3.8) is 0 Å². The molecule has 0 fully saturated rings. The molecular weight excluding hydrogens is 276 g/mol. The first-order valence-electron chi connectivity index (χ1n) is 6.63. The summed E-state index contributed by atoms with van der Waals surface area (Å²) in [6.07, 6.45) is 1.60. The van der Waals surface area contributed by atoms with Gasteiger partial charge in [-0.15, -0.1) is 0 Å². The molecule has 1 aromatic rings. The van der Waals surface area contributed by atoms with Crippen LogP contribution >= 0.6 is 0 Å². The summed E-state index contributed by atoms with van der Waals surface area (Å²) in [5, 5.41) is 11.3. The summed E-state index contributed by atoms with van der Waals surface area (Å²) in [6, 6.07) is 2.89. The van der Waals surface area contributed by atoms with Gasteiger partial charge in [0.2, 0.25) is 5.91 Å². The number of anilines is 1. The van der Waals surface area contributed by atoms with E-state index in [1.807, 2.05) is 0 Å². The number of hydrogen-bond acceptors (Lipinski definition) is 4. The average molecular weight is 296 g/mol. The minimum atomic E-state index is -0.927. The van der Waals surface area contributed by atoms with Crippen molar-refractivity contribution >= 4 is 17.6 Å². The zero-order valence-corrected chi connectivity index (χ0v) is 12.2. The summed E-state index contributed by atoms with van der Waals surface area (Å²) in [6.45, 7) is 2.49. The van der Waals surface area contributed by atoms with Gasteiger partial charge < -0.3 is 19.7 Å². The molecule has 0 aliphatic rings. The maximum Gasteiger partial charge on any atom is 0.303 e. The lowest BCUT2D eigenvalue weighted by atomic mass is 10.0. The number of amides is 1. The topological polar surface area (TPSA) is 97.6 Å². The van der Waals surface area contributed by atoms with Crippen molar-refractivity contribution in [2.75, 3.05) is 19.0 Å². The molecule has 0 spiro atoms. The number of carboxylic acid groups (broad SMARTS) is 1. The number of aromatic nitrogens is 1. The number of methoxy groups -OCH3 is 1. The highest BCUT2D eigenvalue weighted by Crippen LogP contribution is 2.10. The molecule has 1 aromatic heterocycles. The Morgan fingerprint density at radius 2 is 2.10 bits per heavy atom. The van der Waals surface area contributed by atoms with Gasteiger partial charge >= 0.3 is 5.97 Å². The minimum Gasteiger partial charge on any atom is -0.481 e. The number of pyridine rings is 1. The largest absolute Gasteiger partial charge is 0.481 e. The second-order valence-corrected chi connectivity index (χ2v) is 4.90. The van der Waals surface area contributed by atoms with Gasteiger partial charge in [-0.25, -0.2) is 0 Å². The summed E-state index contributed by atoms with van der Waals surface area (Å²) < 4.78 is 6.35. The van der Waals surface area contributed by atoms with Crippen LogP contribution in [0.3, 0.4) is 0 Å². The molecule has 0 saturated heterocycles. The highest BCUT2D eigenvalue weighted by molar-refractivity contribution is 5.90. The van der Waals surface area contributed by atoms with E-state index in [1.54, 1.807) is 20.2 Å². The Hall–Kier alpha value is -2.15. The average Bonchev–Trinajstić information content (AvgIpc) is 2.38. The van der Waals surface area contributed by atoms with Crippen molar-refractivity contribution in [2.45, 2.75) is 26.3 Å². The number of carbonyl (C=O) groups is 2. The second-order valence-electron chi connectivity index (χ2n) is 4.90. The molecule has 2 N–H and O–H groups in total. The summed E-state index contributed by atoms with van der Waals surface area (Å²) in [5.74, 6) is -1.45. The van der Waals surface area contributed by atoms with Crippen LogP contribution in [-0.4, -0.2) is 35.3 Å². The SMILES string of the molecule is COCCn1cc(NC(=O)CC(C)CC(=O)O)ccc1=O. The first kappa shape index (κ1) is 16.9. The third kappa shape index (κ3) is 6.22. The highest BCUT2D eigenvalue weighted by atomic mass is 16.5. The molecule has 7 heteroatoms. The first-order valence-corrected chi connectivity index (χ1v) is 6.63. The third-order valence-corrected chi connectivity index (χ3v) is 2.86. The quantitative estimate of drug-likeness (QED) is 0.744. The van der Waals surface area contributed by atoms with E-state index in [2.05, 4.69) is 5.32 Å². The van der Waals surface area contributed by atoms with Crippen LogP contribution in [0.2, 0.25) is 0 Å². The van der Waals surface area contributed by atoms with Crippen LogP contribution in [0.15, 0.2) is 23.1 Å². The fourth-order valence-corrected chi connectivity index (χ4v) is 1.87. The number of hydrogen-bond donors (Lipinski definition) is 2. The van der Waals surface area contributed by atoms with E-state index >= 15 is 0 Å². The van der Waals surface area contributed by atoms with Crippen LogP contribution in [0.5, 0.6) is 0 Å². The van der Waals surface area contributed by atoms with E-state index in [0.717, 1.165) is 0 Å². The normalized spacial score (nSPS) is 11.9. The lowest BCUT2D eigenvalue weighted by Crippen LogP contribution is -2.23. The Labute approximate surface area is 122 Å². The molecule has 0 bridgehead atoms. The number of carbonyl (C=O) groups excluding carboxylic acids is 1. The van der Waals surface area contributed by atoms with Crippen LogP contribution < -0.4 is 10.9 Å². The molecule has 1 heterocycles. The number of ether oxygens (including phenoxy) is 1. The molecule has 21 heavy (non-hydrogen) atoms. The summed E-state index contributed by atoms with van der Waals surface area (Å²) in [4.78, 5) is 33.9. The Balaban J connectivity index is 2.63. The molecule has 0 aliphatic carbocycles. The zero-order valence-electron chi connectivity index (χ0n) is 12.2. The number of nitrogens with zero attached hydrogens (tertiary/aromatic N) is 1. The van der Waals surface area contributed by atoms with Crippen LogP contribution in [0.4, 0.5) is 5.69 Å². The molecule has 7 nitrogen and oxygen atoms in total. The van der Waals surface area contributed by atoms with Crippen molar-refractivity contribution in [1.82, 2.24) is 4.57 Å². The lowest BCUT2D eigenvalue weighted by Gasteiger charge is -2.11. The van der Waals surface area contributed by atoms with Crippen molar-refractivity contribution in [1.29, 1.82) is 0 Å². The standard InChI is InChI=1S/C14H20N2O5/c1-10(8-14(19)20)7-12(17)15-11-3-4-13(18)16(9-11)5-6-21-2/h3-4,9-10H,5-8H2,1-2H3,(H,15,17)(H,19,20). The monoisotopic (exact) mass is 296 g/mol. The van der Waals surface area contributed by atoms with E-state index in [-0.39, 0.29) is 30.2 Å². The fraction of sp³-hybridized carbons (Fsp3) is 0.500. The van der Waals surface area contributed by atoms with E-state index in [4.69, 9.17) is 9.84 Å². The van der Waals surface area contributed by atoms with Gasteiger partial charge in [0.25, 0.3) is 5.56 Å². The molecular formula is C14H20N2O5.